The summed E-state index contributed by atoms with van der Waals surface area (Å²) in [6.07, 6.45) is 8.33. The van der Waals surface area contributed by atoms with Crippen molar-refractivity contribution >= 4 is 5.97 Å². The van der Waals surface area contributed by atoms with Crippen molar-refractivity contribution in [2.24, 2.45) is 11.8 Å². The van der Waals surface area contributed by atoms with Crippen LogP contribution in [0.25, 0.3) is 0 Å². The van der Waals surface area contributed by atoms with Crippen LogP contribution in [-0.4, -0.2) is 34.9 Å². The van der Waals surface area contributed by atoms with E-state index in [4.69, 9.17) is 5.11 Å². The zero-order valence-electron chi connectivity index (χ0n) is 11.0. The van der Waals surface area contributed by atoms with E-state index in [1.165, 1.54) is 12.8 Å². The SMILES string of the molecule is O=C(O)C1CCCC(NC2CCCCC2CO)C1. The summed E-state index contributed by atoms with van der Waals surface area (Å²) in [5.74, 6) is -0.458. The number of rotatable bonds is 4. The average Bonchev–Trinajstić information content (AvgIpc) is 2.39. The van der Waals surface area contributed by atoms with Crippen molar-refractivity contribution in [3.63, 3.8) is 0 Å². The summed E-state index contributed by atoms with van der Waals surface area (Å²) in [7, 11) is 0. The largest absolute Gasteiger partial charge is 0.481 e. The molecule has 0 aromatic heterocycles. The van der Waals surface area contributed by atoms with Crippen LogP contribution in [0.2, 0.25) is 0 Å². The Morgan fingerprint density at radius 3 is 2.61 bits per heavy atom. The number of aliphatic hydroxyl groups excluding tert-OH is 1. The van der Waals surface area contributed by atoms with Gasteiger partial charge in [0.25, 0.3) is 0 Å². The van der Waals surface area contributed by atoms with E-state index >= 15 is 0 Å². The quantitative estimate of drug-likeness (QED) is 0.716. The summed E-state index contributed by atoms with van der Waals surface area (Å²) in [6.45, 7) is 0.257. The maximum absolute atomic E-state index is 11.0. The smallest absolute Gasteiger partial charge is 0.306 e. The molecule has 2 aliphatic rings. The van der Waals surface area contributed by atoms with Crippen molar-refractivity contribution in [2.75, 3.05) is 6.61 Å². The molecule has 3 N–H and O–H groups in total. The van der Waals surface area contributed by atoms with Gasteiger partial charge in [-0.05, 0) is 38.0 Å². The van der Waals surface area contributed by atoms with Crippen LogP contribution in [0.15, 0.2) is 0 Å². The first-order chi connectivity index (χ1) is 8.70. The molecule has 2 saturated carbocycles. The van der Waals surface area contributed by atoms with E-state index in [1.807, 2.05) is 0 Å². The van der Waals surface area contributed by atoms with Gasteiger partial charge >= 0.3 is 5.97 Å². The van der Waals surface area contributed by atoms with Crippen LogP contribution in [0.3, 0.4) is 0 Å². The zero-order valence-corrected chi connectivity index (χ0v) is 11.0. The van der Waals surface area contributed by atoms with Gasteiger partial charge in [0.05, 0.1) is 5.92 Å². The van der Waals surface area contributed by atoms with E-state index in [0.29, 0.717) is 18.0 Å². The zero-order chi connectivity index (χ0) is 13.0. The van der Waals surface area contributed by atoms with Crippen molar-refractivity contribution in [3.05, 3.63) is 0 Å². The number of nitrogens with one attached hydrogen (secondary N) is 1. The summed E-state index contributed by atoms with van der Waals surface area (Å²) in [4.78, 5) is 11.0. The topological polar surface area (TPSA) is 69.6 Å². The molecule has 0 aliphatic heterocycles. The first-order valence-corrected chi connectivity index (χ1v) is 7.30. The average molecular weight is 255 g/mol. The van der Waals surface area contributed by atoms with Gasteiger partial charge in [0.15, 0.2) is 0 Å². The minimum absolute atomic E-state index is 0.174. The van der Waals surface area contributed by atoms with E-state index in [1.54, 1.807) is 0 Å². The van der Waals surface area contributed by atoms with Crippen LogP contribution in [0, 0.1) is 11.8 Å². The third-order valence-corrected chi connectivity index (χ3v) is 4.62. The standard InChI is InChI=1S/C14H25NO3/c16-9-11-4-1-2-7-13(11)15-12-6-3-5-10(8-12)14(17)18/h10-13,15-16H,1-9H2,(H,17,18). The highest BCUT2D eigenvalue weighted by Gasteiger charge is 2.31. The molecule has 0 amide bonds. The van der Waals surface area contributed by atoms with Crippen molar-refractivity contribution in [2.45, 2.75) is 63.5 Å². The predicted molar refractivity (Wildman–Crippen MR) is 69.3 cm³/mol. The number of hydrogen-bond donors (Lipinski definition) is 3. The summed E-state index contributed by atoms with van der Waals surface area (Å²) < 4.78 is 0. The van der Waals surface area contributed by atoms with Gasteiger partial charge in [0.2, 0.25) is 0 Å². The van der Waals surface area contributed by atoms with Crippen LogP contribution >= 0.6 is 0 Å². The molecule has 0 heterocycles. The first kappa shape index (κ1) is 13.8. The molecular weight excluding hydrogens is 230 g/mol. The minimum Gasteiger partial charge on any atom is -0.481 e. The number of aliphatic carboxylic acids is 1. The second-order valence-electron chi connectivity index (χ2n) is 5.90. The highest BCUT2D eigenvalue weighted by molar-refractivity contribution is 5.70. The summed E-state index contributed by atoms with van der Waals surface area (Å²) in [6, 6.07) is 0.721. The van der Waals surface area contributed by atoms with Crippen LogP contribution in [0.4, 0.5) is 0 Å². The maximum atomic E-state index is 11.0. The van der Waals surface area contributed by atoms with E-state index in [9.17, 15) is 9.90 Å². The number of hydrogen-bond acceptors (Lipinski definition) is 3. The Bertz CT molecular complexity index is 282. The van der Waals surface area contributed by atoms with Crippen molar-refractivity contribution in [1.82, 2.24) is 5.32 Å². The minimum atomic E-state index is -0.649. The van der Waals surface area contributed by atoms with Gasteiger partial charge < -0.3 is 15.5 Å². The summed E-state index contributed by atoms with van der Waals surface area (Å²) in [5, 5.41) is 22.1. The molecule has 0 saturated heterocycles. The summed E-state index contributed by atoms with van der Waals surface area (Å²) >= 11 is 0. The van der Waals surface area contributed by atoms with E-state index in [0.717, 1.165) is 38.5 Å². The monoisotopic (exact) mass is 255 g/mol. The molecular formula is C14H25NO3. The molecule has 0 radical (unpaired) electrons. The number of carboxylic acid groups (broad SMARTS) is 1. The van der Waals surface area contributed by atoms with Gasteiger partial charge in [-0.3, -0.25) is 4.79 Å². The van der Waals surface area contributed by atoms with E-state index in [2.05, 4.69) is 5.32 Å². The molecule has 4 nitrogen and oxygen atoms in total. The van der Waals surface area contributed by atoms with Crippen LogP contribution in [0.5, 0.6) is 0 Å². The molecule has 4 unspecified atom stereocenters. The third-order valence-electron chi connectivity index (χ3n) is 4.62. The molecule has 0 aromatic carbocycles. The number of carbonyl (C=O) groups is 1. The Morgan fingerprint density at radius 1 is 1.11 bits per heavy atom. The molecule has 18 heavy (non-hydrogen) atoms. The van der Waals surface area contributed by atoms with Crippen LogP contribution < -0.4 is 5.32 Å². The second-order valence-corrected chi connectivity index (χ2v) is 5.90. The third kappa shape index (κ3) is 3.45. The highest BCUT2D eigenvalue weighted by Crippen LogP contribution is 2.29. The molecule has 4 heteroatoms. The number of carboxylic acids is 1. The molecule has 0 spiro atoms. The normalized spacial score (nSPS) is 37.4. The Morgan fingerprint density at radius 2 is 1.89 bits per heavy atom. The lowest BCUT2D eigenvalue weighted by Gasteiger charge is -2.36. The predicted octanol–water partition coefficient (Wildman–Crippen LogP) is 1.77. The van der Waals surface area contributed by atoms with Gasteiger partial charge in [-0.1, -0.05) is 19.3 Å². The van der Waals surface area contributed by atoms with Crippen molar-refractivity contribution in [3.8, 4) is 0 Å². The van der Waals surface area contributed by atoms with E-state index in [-0.39, 0.29) is 12.5 Å². The molecule has 2 aliphatic carbocycles. The lowest BCUT2D eigenvalue weighted by atomic mass is 9.81. The van der Waals surface area contributed by atoms with E-state index < -0.39 is 5.97 Å². The molecule has 0 bridgehead atoms. The van der Waals surface area contributed by atoms with Crippen molar-refractivity contribution in [1.29, 1.82) is 0 Å². The van der Waals surface area contributed by atoms with Crippen LogP contribution in [0.1, 0.15) is 51.4 Å². The Kier molecular flexibility index (Phi) is 5.01. The number of aliphatic hydroxyl groups is 1. The van der Waals surface area contributed by atoms with Gasteiger partial charge in [-0.15, -0.1) is 0 Å². The lowest BCUT2D eigenvalue weighted by Crippen LogP contribution is -2.47. The second kappa shape index (κ2) is 6.53. The maximum Gasteiger partial charge on any atom is 0.306 e. The fraction of sp³-hybridized carbons (Fsp3) is 0.929. The summed E-state index contributed by atoms with van der Waals surface area (Å²) in [5.41, 5.74) is 0. The molecule has 4 atom stereocenters. The fourth-order valence-corrected chi connectivity index (χ4v) is 3.51. The first-order valence-electron chi connectivity index (χ1n) is 7.30. The molecule has 0 aromatic rings. The molecule has 2 rings (SSSR count). The Labute approximate surface area is 109 Å². The van der Waals surface area contributed by atoms with Gasteiger partial charge in [0, 0.05) is 18.7 Å². The lowest BCUT2D eigenvalue weighted by molar-refractivity contribution is -0.143. The Hall–Kier alpha value is -0.610. The van der Waals surface area contributed by atoms with Crippen LogP contribution in [-0.2, 0) is 4.79 Å². The highest BCUT2D eigenvalue weighted by atomic mass is 16.4. The van der Waals surface area contributed by atoms with Gasteiger partial charge in [-0.25, -0.2) is 0 Å². The molecule has 2 fully saturated rings. The van der Waals surface area contributed by atoms with Crippen molar-refractivity contribution < 1.29 is 15.0 Å². The van der Waals surface area contributed by atoms with Gasteiger partial charge in [0.1, 0.15) is 0 Å². The molecule has 104 valence electrons. The fourth-order valence-electron chi connectivity index (χ4n) is 3.51. The van der Waals surface area contributed by atoms with Gasteiger partial charge in [-0.2, -0.15) is 0 Å². The Balaban J connectivity index is 1.85.